The number of nitrogens with one attached hydrogen (secondary N) is 1. The number of hydrogen-bond donors (Lipinski definition) is 1. The fraction of sp³-hybridized carbons (Fsp3) is 0.348. The average molecular weight is 447 g/mol. The van der Waals surface area contributed by atoms with Crippen LogP contribution >= 0.6 is 0 Å². The first kappa shape index (κ1) is 23.5. The van der Waals surface area contributed by atoms with Crippen molar-refractivity contribution in [2.24, 2.45) is 5.92 Å². The second-order valence-electron chi connectivity index (χ2n) is 7.44. The minimum absolute atomic E-state index is 0.0195. The molecule has 6 nitrogen and oxygen atoms in total. The molecule has 0 radical (unpaired) electrons. The van der Waals surface area contributed by atoms with Crippen molar-refractivity contribution in [2.75, 3.05) is 6.61 Å². The number of halogens is 3. The zero-order chi connectivity index (χ0) is 23.1. The lowest BCUT2D eigenvalue weighted by atomic mass is 9.99. The minimum atomic E-state index is -4.42. The Morgan fingerprint density at radius 2 is 1.81 bits per heavy atom. The van der Waals surface area contributed by atoms with Crippen LogP contribution in [0.5, 0.6) is 0 Å². The van der Waals surface area contributed by atoms with E-state index < -0.39 is 17.8 Å². The number of ether oxygens (including phenoxy) is 1. The van der Waals surface area contributed by atoms with Crippen LogP contribution in [-0.4, -0.2) is 22.7 Å². The molecule has 0 aliphatic carbocycles. The lowest BCUT2D eigenvalue weighted by Crippen LogP contribution is -2.35. The Labute approximate surface area is 183 Å². The van der Waals surface area contributed by atoms with Crippen molar-refractivity contribution in [3.63, 3.8) is 0 Å². The Morgan fingerprint density at radius 1 is 1.12 bits per heavy atom. The van der Waals surface area contributed by atoms with Gasteiger partial charge in [-0.1, -0.05) is 67.9 Å². The quantitative estimate of drug-likeness (QED) is 0.489. The third-order valence-electron chi connectivity index (χ3n) is 5.05. The number of amides is 1. The van der Waals surface area contributed by atoms with Gasteiger partial charge in [0.05, 0.1) is 12.2 Å². The predicted octanol–water partition coefficient (Wildman–Crippen LogP) is 5.18. The number of carbonyl (C=O) groups is 1. The summed E-state index contributed by atoms with van der Waals surface area (Å²) in [5.41, 5.74) is 0.579. The van der Waals surface area contributed by atoms with Gasteiger partial charge in [-0.15, -0.1) is 0 Å². The summed E-state index contributed by atoms with van der Waals surface area (Å²) in [6.07, 6.45) is -3.69. The second kappa shape index (κ2) is 10.4. The van der Waals surface area contributed by atoms with Gasteiger partial charge in [0.25, 0.3) is 0 Å². The van der Waals surface area contributed by atoms with E-state index in [-0.39, 0.29) is 30.1 Å². The predicted molar refractivity (Wildman–Crippen MR) is 111 cm³/mol. The fourth-order valence-corrected chi connectivity index (χ4v) is 3.02. The van der Waals surface area contributed by atoms with Crippen LogP contribution < -0.4 is 5.32 Å². The van der Waals surface area contributed by atoms with Crippen molar-refractivity contribution >= 4 is 5.91 Å². The molecular formula is C23H24F3N3O3. The van der Waals surface area contributed by atoms with Gasteiger partial charge in [-0.05, 0) is 23.6 Å². The Hall–Kier alpha value is -3.20. The maximum Gasteiger partial charge on any atom is 0.416 e. The first-order valence-electron chi connectivity index (χ1n) is 10.2. The van der Waals surface area contributed by atoms with Crippen molar-refractivity contribution in [3.8, 4) is 11.4 Å². The zero-order valence-electron chi connectivity index (χ0n) is 17.7. The lowest BCUT2D eigenvalue weighted by Gasteiger charge is -2.20. The third kappa shape index (κ3) is 6.16. The number of alkyl halides is 3. The van der Waals surface area contributed by atoms with Crippen molar-refractivity contribution < 1.29 is 27.2 Å². The Balaban J connectivity index is 1.66. The molecule has 9 heteroatoms. The van der Waals surface area contributed by atoms with E-state index in [2.05, 4.69) is 15.5 Å². The van der Waals surface area contributed by atoms with Gasteiger partial charge in [0.1, 0.15) is 12.6 Å². The lowest BCUT2D eigenvalue weighted by molar-refractivity contribution is -0.137. The molecule has 0 spiro atoms. The van der Waals surface area contributed by atoms with Crippen molar-refractivity contribution in [1.29, 1.82) is 0 Å². The highest BCUT2D eigenvalue weighted by molar-refractivity contribution is 5.77. The Bertz CT molecular complexity index is 1000. The van der Waals surface area contributed by atoms with Gasteiger partial charge in [-0.3, -0.25) is 4.79 Å². The van der Waals surface area contributed by atoms with Crippen molar-refractivity contribution in [2.45, 2.75) is 39.1 Å². The molecule has 2 aromatic carbocycles. The number of aromatic nitrogens is 2. The van der Waals surface area contributed by atoms with Gasteiger partial charge >= 0.3 is 6.18 Å². The van der Waals surface area contributed by atoms with E-state index in [4.69, 9.17) is 9.26 Å². The molecule has 1 N–H and O–H groups in total. The average Bonchev–Trinajstić information content (AvgIpc) is 3.27. The van der Waals surface area contributed by atoms with Gasteiger partial charge in [-0.2, -0.15) is 18.2 Å². The maximum absolute atomic E-state index is 12.8. The highest BCUT2D eigenvalue weighted by atomic mass is 19.4. The molecule has 1 heterocycles. The SMILES string of the molecule is CC[C@@H](C)[C@@H](NC(=O)COCc1ccccc1)c1nc(-c2ccc(C(F)(F)F)cc2)no1. The van der Waals surface area contributed by atoms with Crippen LogP contribution in [0.1, 0.15) is 43.3 Å². The van der Waals surface area contributed by atoms with E-state index >= 15 is 0 Å². The normalized spacial score (nSPS) is 13.5. The topological polar surface area (TPSA) is 77.2 Å². The maximum atomic E-state index is 12.8. The van der Waals surface area contributed by atoms with Crippen LogP contribution in [0.15, 0.2) is 59.1 Å². The zero-order valence-corrected chi connectivity index (χ0v) is 17.7. The summed E-state index contributed by atoms with van der Waals surface area (Å²) in [5.74, 6) is -0.0169. The summed E-state index contributed by atoms with van der Waals surface area (Å²) >= 11 is 0. The summed E-state index contributed by atoms with van der Waals surface area (Å²) in [7, 11) is 0. The van der Waals surface area contributed by atoms with E-state index in [1.54, 1.807) is 0 Å². The van der Waals surface area contributed by atoms with E-state index in [9.17, 15) is 18.0 Å². The summed E-state index contributed by atoms with van der Waals surface area (Å²) in [6, 6.07) is 13.4. The molecule has 0 saturated heterocycles. The van der Waals surface area contributed by atoms with Crippen LogP contribution in [-0.2, 0) is 22.3 Å². The van der Waals surface area contributed by atoms with Crippen molar-refractivity contribution in [1.82, 2.24) is 15.5 Å². The first-order valence-corrected chi connectivity index (χ1v) is 10.2. The van der Waals surface area contributed by atoms with E-state index in [0.717, 1.165) is 24.1 Å². The molecule has 2 atom stereocenters. The summed E-state index contributed by atoms with van der Waals surface area (Å²) < 4.78 is 49.1. The smallest absolute Gasteiger partial charge is 0.367 e. The van der Waals surface area contributed by atoms with Gasteiger partial charge in [0, 0.05) is 5.56 Å². The van der Waals surface area contributed by atoms with Crippen LogP contribution in [0.3, 0.4) is 0 Å². The summed E-state index contributed by atoms with van der Waals surface area (Å²) in [5, 5.41) is 6.73. The molecule has 1 amide bonds. The highest BCUT2D eigenvalue weighted by Crippen LogP contribution is 2.31. The highest BCUT2D eigenvalue weighted by Gasteiger charge is 2.30. The number of rotatable bonds is 9. The van der Waals surface area contributed by atoms with Gasteiger partial charge in [0.15, 0.2) is 0 Å². The van der Waals surface area contributed by atoms with Gasteiger partial charge in [0.2, 0.25) is 17.6 Å². The molecule has 170 valence electrons. The van der Waals surface area contributed by atoms with Crippen LogP contribution in [0.2, 0.25) is 0 Å². The molecule has 0 bridgehead atoms. The van der Waals surface area contributed by atoms with Crippen LogP contribution in [0.4, 0.5) is 13.2 Å². The number of carbonyl (C=O) groups excluding carboxylic acids is 1. The fourth-order valence-electron chi connectivity index (χ4n) is 3.02. The minimum Gasteiger partial charge on any atom is -0.367 e. The largest absolute Gasteiger partial charge is 0.416 e. The molecule has 32 heavy (non-hydrogen) atoms. The third-order valence-corrected chi connectivity index (χ3v) is 5.05. The summed E-state index contributed by atoms with van der Waals surface area (Å²) in [4.78, 5) is 16.7. The number of benzene rings is 2. The van der Waals surface area contributed by atoms with Crippen LogP contribution in [0.25, 0.3) is 11.4 Å². The van der Waals surface area contributed by atoms with Gasteiger partial charge in [-0.25, -0.2) is 0 Å². The van der Waals surface area contributed by atoms with Crippen molar-refractivity contribution in [3.05, 3.63) is 71.6 Å². The standard InChI is InChI=1S/C23H24F3N3O3/c1-3-15(2)20(27-19(30)14-31-13-16-7-5-4-6-8-16)22-28-21(29-32-22)17-9-11-18(12-10-17)23(24,25)26/h4-12,15,20H,3,13-14H2,1-2H3,(H,27,30)/t15-,20-/m1/s1. The molecule has 0 saturated carbocycles. The molecule has 0 aliphatic heterocycles. The molecule has 0 unspecified atom stereocenters. The second-order valence-corrected chi connectivity index (χ2v) is 7.44. The number of hydrogen-bond acceptors (Lipinski definition) is 5. The van der Waals surface area contributed by atoms with E-state index in [0.29, 0.717) is 12.2 Å². The molecule has 0 aliphatic rings. The molecule has 0 fully saturated rings. The molecule has 1 aromatic heterocycles. The number of nitrogens with zero attached hydrogens (tertiary/aromatic N) is 2. The first-order chi connectivity index (χ1) is 15.3. The van der Waals surface area contributed by atoms with E-state index in [1.165, 1.54) is 12.1 Å². The van der Waals surface area contributed by atoms with Crippen LogP contribution in [0, 0.1) is 5.92 Å². The molecular weight excluding hydrogens is 423 g/mol. The molecule has 3 rings (SSSR count). The molecule has 3 aromatic rings. The Morgan fingerprint density at radius 3 is 2.44 bits per heavy atom. The van der Waals surface area contributed by atoms with E-state index in [1.807, 2.05) is 44.2 Å². The van der Waals surface area contributed by atoms with Gasteiger partial charge < -0.3 is 14.6 Å². The monoisotopic (exact) mass is 447 g/mol. The Kier molecular flexibility index (Phi) is 7.63. The summed E-state index contributed by atoms with van der Waals surface area (Å²) in [6.45, 7) is 4.06.